The van der Waals surface area contributed by atoms with Crippen LogP contribution >= 0.6 is 0 Å². The number of hydrogen-bond donors (Lipinski definition) is 0. The number of benzene rings is 1. The summed E-state index contributed by atoms with van der Waals surface area (Å²) >= 11 is 0. The Morgan fingerprint density at radius 3 is 2.82 bits per heavy atom. The van der Waals surface area contributed by atoms with Crippen LogP contribution < -0.4 is 0 Å². The van der Waals surface area contributed by atoms with Crippen molar-refractivity contribution in [3.05, 3.63) is 41.2 Å². The van der Waals surface area contributed by atoms with Crippen LogP contribution in [0, 0.1) is 13.8 Å². The van der Waals surface area contributed by atoms with Gasteiger partial charge in [0, 0.05) is 5.56 Å². The summed E-state index contributed by atoms with van der Waals surface area (Å²) in [5.41, 5.74) is 2.14. The average molecular weight is 231 g/mol. The van der Waals surface area contributed by atoms with Crippen LogP contribution in [0.3, 0.4) is 0 Å². The van der Waals surface area contributed by atoms with Crippen molar-refractivity contribution in [2.24, 2.45) is 0 Å². The molecule has 0 saturated carbocycles. The molecule has 1 heterocycles. The van der Waals surface area contributed by atoms with Gasteiger partial charge in [-0.3, -0.25) is 0 Å². The van der Waals surface area contributed by atoms with Crippen LogP contribution in [-0.4, -0.2) is 12.6 Å². The van der Waals surface area contributed by atoms with Crippen LogP contribution in [0.25, 0.3) is 11.0 Å². The number of fused-ring (bicyclic) bond motifs is 1. The summed E-state index contributed by atoms with van der Waals surface area (Å²) in [7, 11) is 0. The van der Waals surface area contributed by atoms with E-state index in [4.69, 9.17) is 9.15 Å². The molecule has 88 valence electrons. The van der Waals surface area contributed by atoms with E-state index in [0.29, 0.717) is 17.8 Å². The molecule has 2 rings (SSSR count). The molecular formula is C14H15O3+. The van der Waals surface area contributed by atoms with Gasteiger partial charge in [-0.2, -0.15) is 0 Å². The largest absolute Gasteiger partial charge is 0.462 e. The van der Waals surface area contributed by atoms with Gasteiger partial charge in [0.25, 0.3) is 0 Å². The molecule has 0 unspecified atom stereocenters. The highest BCUT2D eigenvalue weighted by Gasteiger charge is 2.22. The Morgan fingerprint density at radius 1 is 1.35 bits per heavy atom. The van der Waals surface area contributed by atoms with E-state index in [1.54, 1.807) is 13.0 Å². The van der Waals surface area contributed by atoms with Gasteiger partial charge in [0.05, 0.1) is 18.9 Å². The summed E-state index contributed by atoms with van der Waals surface area (Å²) in [6.45, 7) is 6.02. The van der Waals surface area contributed by atoms with Gasteiger partial charge >= 0.3 is 17.3 Å². The van der Waals surface area contributed by atoms with E-state index >= 15 is 0 Å². The molecule has 17 heavy (non-hydrogen) atoms. The summed E-state index contributed by atoms with van der Waals surface area (Å²) in [6, 6.07) is 7.49. The first-order valence-corrected chi connectivity index (χ1v) is 5.63. The first-order valence-electron chi connectivity index (χ1n) is 5.63. The van der Waals surface area contributed by atoms with Gasteiger partial charge in [-0.05, 0) is 32.0 Å². The molecule has 0 atom stereocenters. The molecule has 0 radical (unpaired) electrons. The molecule has 0 aliphatic carbocycles. The Labute approximate surface area is 100 Å². The molecule has 1 aromatic heterocycles. The Kier molecular flexibility index (Phi) is 3.09. The van der Waals surface area contributed by atoms with Crippen molar-refractivity contribution < 1.29 is 13.9 Å². The Morgan fingerprint density at radius 2 is 2.12 bits per heavy atom. The topological polar surface area (TPSA) is 37.6 Å². The second-order valence-corrected chi connectivity index (χ2v) is 3.93. The lowest BCUT2D eigenvalue weighted by Crippen LogP contribution is -2.05. The number of aryl methyl sites for hydroxylation is 2. The molecule has 2 aromatic rings. The molecule has 0 amide bonds. The smallest absolute Gasteiger partial charge is 0.374 e. The molecule has 0 N–H and O–H groups in total. The average Bonchev–Trinajstić information content (AvgIpc) is 2.30. The van der Waals surface area contributed by atoms with E-state index in [0.717, 1.165) is 16.7 Å². The van der Waals surface area contributed by atoms with E-state index in [9.17, 15) is 4.79 Å². The maximum atomic E-state index is 11.8. The van der Waals surface area contributed by atoms with Crippen molar-refractivity contribution in [3.63, 3.8) is 0 Å². The van der Waals surface area contributed by atoms with Crippen LogP contribution in [0.1, 0.15) is 28.6 Å². The minimum Gasteiger partial charge on any atom is -0.462 e. The molecule has 0 fully saturated rings. The van der Waals surface area contributed by atoms with E-state index in [1.807, 2.05) is 32.0 Å². The third-order valence-electron chi connectivity index (χ3n) is 2.72. The summed E-state index contributed by atoms with van der Waals surface area (Å²) in [6.07, 6.45) is 0. The van der Waals surface area contributed by atoms with Gasteiger partial charge in [0.2, 0.25) is 0 Å². The van der Waals surface area contributed by atoms with Crippen LogP contribution in [0.5, 0.6) is 0 Å². The fourth-order valence-corrected chi connectivity index (χ4v) is 1.72. The summed E-state index contributed by atoms with van der Waals surface area (Å²) in [4.78, 5) is 11.8. The molecule has 0 spiro atoms. The predicted octanol–water partition coefficient (Wildman–Crippen LogP) is 3.51. The fraction of sp³-hybridized carbons (Fsp3) is 0.286. The standard InChI is InChI=1S/C14H15O3/c1-4-16-14(15)12-7-5-6-11-8-9(2)10(3)17-13(11)12/h5-8H,4H2,1-3H3/q+1. The number of carbonyl (C=O) groups excluding carboxylic acids is 1. The Hall–Kier alpha value is -1.90. The van der Waals surface area contributed by atoms with Gasteiger partial charge in [-0.25, -0.2) is 9.21 Å². The van der Waals surface area contributed by atoms with Gasteiger partial charge in [0.15, 0.2) is 5.56 Å². The van der Waals surface area contributed by atoms with Crippen LogP contribution in [0.2, 0.25) is 0 Å². The fourth-order valence-electron chi connectivity index (χ4n) is 1.72. The maximum absolute atomic E-state index is 11.8. The second-order valence-electron chi connectivity index (χ2n) is 3.93. The molecular weight excluding hydrogens is 216 g/mol. The maximum Gasteiger partial charge on any atom is 0.374 e. The van der Waals surface area contributed by atoms with Crippen molar-refractivity contribution in [2.75, 3.05) is 6.61 Å². The molecule has 0 aliphatic rings. The van der Waals surface area contributed by atoms with Crippen LogP contribution in [0.15, 0.2) is 28.7 Å². The third-order valence-corrected chi connectivity index (χ3v) is 2.72. The van der Waals surface area contributed by atoms with Gasteiger partial charge < -0.3 is 4.74 Å². The SMILES string of the molecule is CCOC(=O)c1cccc2cc(C)c(C)[o+]c12. The van der Waals surface area contributed by atoms with Gasteiger partial charge in [0.1, 0.15) is 0 Å². The number of esters is 1. The zero-order chi connectivity index (χ0) is 12.4. The van der Waals surface area contributed by atoms with Crippen molar-refractivity contribution in [2.45, 2.75) is 20.8 Å². The van der Waals surface area contributed by atoms with E-state index in [-0.39, 0.29) is 5.97 Å². The van der Waals surface area contributed by atoms with Crippen molar-refractivity contribution >= 4 is 16.9 Å². The van der Waals surface area contributed by atoms with E-state index in [2.05, 4.69) is 0 Å². The van der Waals surface area contributed by atoms with Crippen molar-refractivity contribution in [1.29, 1.82) is 0 Å². The number of hydrogen-bond acceptors (Lipinski definition) is 2. The number of rotatable bonds is 2. The molecule has 1 aromatic carbocycles. The zero-order valence-corrected chi connectivity index (χ0v) is 10.2. The van der Waals surface area contributed by atoms with E-state index < -0.39 is 0 Å². The number of ether oxygens (including phenoxy) is 1. The second kappa shape index (κ2) is 4.53. The Balaban J connectivity index is 2.64. The molecule has 3 heteroatoms. The van der Waals surface area contributed by atoms with Gasteiger partial charge in [-0.15, -0.1) is 0 Å². The highest BCUT2D eigenvalue weighted by molar-refractivity contribution is 6.01. The number of para-hydroxylation sites is 1. The summed E-state index contributed by atoms with van der Waals surface area (Å²) in [5.74, 6) is 0.472. The third kappa shape index (κ3) is 2.13. The summed E-state index contributed by atoms with van der Waals surface area (Å²) < 4.78 is 10.7. The number of carbonyl (C=O) groups is 1. The van der Waals surface area contributed by atoms with Crippen molar-refractivity contribution in [3.8, 4) is 0 Å². The highest BCUT2D eigenvalue weighted by Crippen LogP contribution is 2.23. The quantitative estimate of drug-likeness (QED) is 0.586. The zero-order valence-electron chi connectivity index (χ0n) is 10.2. The monoisotopic (exact) mass is 231 g/mol. The van der Waals surface area contributed by atoms with Crippen molar-refractivity contribution in [1.82, 2.24) is 0 Å². The highest BCUT2D eigenvalue weighted by atomic mass is 16.5. The predicted molar refractivity (Wildman–Crippen MR) is 66.1 cm³/mol. The Bertz CT molecular complexity index is 573. The summed E-state index contributed by atoms with van der Waals surface area (Å²) in [5, 5.41) is 0.915. The first kappa shape index (κ1) is 11.6. The molecule has 3 nitrogen and oxygen atoms in total. The van der Waals surface area contributed by atoms with E-state index in [1.165, 1.54) is 0 Å². The lowest BCUT2D eigenvalue weighted by atomic mass is 10.1. The molecule has 0 saturated heterocycles. The normalized spacial score (nSPS) is 10.5. The van der Waals surface area contributed by atoms with Crippen LogP contribution in [-0.2, 0) is 4.74 Å². The molecule has 0 aliphatic heterocycles. The first-order chi connectivity index (χ1) is 8.13. The minimum absolute atomic E-state index is 0.342. The van der Waals surface area contributed by atoms with Crippen LogP contribution in [0.4, 0.5) is 0 Å². The lowest BCUT2D eigenvalue weighted by Gasteiger charge is -2.00. The van der Waals surface area contributed by atoms with Gasteiger partial charge in [-0.1, -0.05) is 6.07 Å². The molecule has 0 bridgehead atoms. The minimum atomic E-state index is -0.342. The lowest BCUT2D eigenvalue weighted by molar-refractivity contribution is 0.0527.